The van der Waals surface area contributed by atoms with Crippen LogP contribution >= 0.6 is 0 Å². The van der Waals surface area contributed by atoms with Crippen molar-refractivity contribution < 1.29 is 38.1 Å². The molecule has 0 aliphatic carbocycles. The van der Waals surface area contributed by atoms with Gasteiger partial charge in [-0.15, -0.1) is 0 Å². The van der Waals surface area contributed by atoms with Gasteiger partial charge < -0.3 is 23.7 Å². The number of esters is 1. The maximum absolute atomic E-state index is 13.3. The minimum Gasteiger partial charge on any atom is -0.496 e. The van der Waals surface area contributed by atoms with Crippen LogP contribution in [0, 0.1) is 0 Å². The van der Waals surface area contributed by atoms with E-state index in [4.69, 9.17) is 23.7 Å². The van der Waals surface area contributed by atoms with E-state index in [0.29, 0.717) is 51.0 Å². The lowest BCUT2D eigenvalue weighted by Gasteiger charge is -2.24. The van der Waals surface area contributed by atoms with Gasteiger partial charge >= 0.3 is 11.9 Å². The van der Waals surface area contributed by atoms with Crippen molar-refractivity contribution in [1.29, 1.82) is 0 Å². The summed E-state index contributed by atoms with van der Waals surface area (Å²) in [5, 5.41) is 9.15. The first kappa shape index (κ1) is 23.3. The SMILES string of the molecule is COc1ccccc1/C=C1\Oc2c(ccc3c2[C@@H](c2ccc(-c4ccc(C(=O)O)cc4)o2)CC(=O)O3)C1=O. The highest BCUT2D eigenvalue weighted by Crippen LogP contribution is 2.49. The molecule has 0 unspecified atom stereocenters. The van der Waals surface area contributed by atoms with Crippen LogP contribution in [0.5, 0.6) is 17.2 Å². The summed E-state index contributed by atoms with van der Waals surface area (Å²) >= 11 is 0. The van der Waals surface area contributed by atoms with Crippen LogP contribution in [0.3, 0.4) is 0 Å². The maximum atomic E-state index is 13.3. The first-order valence-corrected chi connectivity index (χ1v) is 11.8. The smallest absolute Gasteiger partial charge is 0.335 e. The number of carboxylic acid groups (broad SMARTS) is 1. The van der Waals surface area contributed by atoms with Gasteiger partial charge in [-0.05, 0) is 48.5 Å². The van der Waals surface area contributed by atoms with Crippen LogP contribution in [0.1, 0.15) is 49.9 Å². The largest absolute Gasteiger partial charge is 0.496 e. The molecule has 0 radical (unpaired) electrons. The fraction of sp³-hybridized carbons (Fsp3) is 0.100. The van der Waals surface area contributed by atoms with Gasteiger partial charge in [0.2, 0.25) is 5.78 Å². The molecule has 2 aliphatic heterocycles. The third-order valence-corrected chi connectivity index (χ3v) is 6.59. The van der Waals surface area contributed by atoms with E-state index < -0.39 is 17.9 Å². The van der Waals surface area contributed by atoms with Gasteiger partial charge in [-0.3, -0.25) is 9.59 Å². The summed E-state index contributed by atoms with van der Waals surface area (Å²) in [5.74, 6) is 0.0833. The van der Waals surface area contributed by atoms with Crippen LogP contribution < -0.4 is 14.2 Å². The summed E-state index contributed by atoms with van der Waals surface area (Å²) in [6.45, 7) is 0. The van der Waals surface area contributed by atoms with E-state index in [1.54, 1.807) is 55.7 Å². The van der Waals surface area contributed by atoms with Crippen LogP contribution in [-0.4, -0.2) is 29.9 Å². The number of aromatic carboxylic acids is 1. The molecule has 0 bridgehead atoms. The normalized spacial score (nSPS) is 17.0. The second-order valence-corrected chi connectivity index (χ2v) is 8.85. The second-order valence-electron chi connectivity index (χ2n) is 8.85. The Morgan fingerprint density at radius 1 is 0.974 bits per heavy atom. The summed E-state index contributed by atoms with van der Waals surface area (Å²) in [5.41, 5.74) is 2.46. The van der Waals surface area contributed by atoms with Crippen molar-refractivity contribution in [2.75, 3.05) is 7.11 Å². The fourth-order valence-corrected chi connectivity index (χ4v) is 4.75. The van der Waals surface area contributed by atoms with E-state index in [0.717, 1.165) is 0 Å². The first-order chi connectivity index (χ1) is 18.4. The average Bonchev–Trinajstić information content (AvgIpc) is 3.54. The summed E-state index contributed by atoms with van der Waals surface area (Å²) in [6.07, 6.45) is 1.63. The van der Waals surface area contributed by atoms with E-state index in [9.17, 15) is 14.4 Å². The molecule has 1 N–H and O–H groups in total. The van der Waals surface area contributed by atoms with Crippen molar-refractivity contribution in [1.82, 2.24) is 0 Å². The molecule has 0 spiro atoms. The number of allylic oxidation sites excluding steroid dienone is 1. The van der Waals surface area contributed by atoms with Crippen molar-refractivity contribution in [2.45, 2.75) is 12.3 Å². The van der Waals surface area contributed by atoms with Crippen molar-refractivity contribution in [2.24, 2.45) is 0 Å². The number of carbonyl (C=O) groups is 3. The number of Topliss-reactive ketones (excluding diaryl/α,β-unsaturated/α-hetero) is 1. The van der Waals surface area contributed by atoms with E-state index in [2.05, 4.69) is 0 Å². The molecule has 188 valence electrons. The summed E-state index contributed by atoms with van der Waals surface area (Å²) in [6, 6.07) is 20.3. The highest BCUT2D eigenvalue weighted by Gasteiger charge is 2.39. The number of rotatable bonds is 5. The summed E-state index contributed by atoms with van der Waals surface area (Å²) in [4.78, 5) is 36.9. The molecule has 4 aromatic rings. The zero-order valence-electron chi connectivity index (χ0n) is 20.1. The molecule has 0 saturated heterocycles. The van der Waals surface area contributed by atoms with Gasteiger partial charge in [0.15, 0.2) is 5.76 Å². The van der Waals surface area contributed by atoms with Gasteiger partial charge in [-0.25, -0.2) is 4.79 Å². The lowest BCUT2D eigenvalue weighted by Crippen LogP contribution is -2.21. The Labute approximate surface area is 216 Å². The Kier molecular flexibility index (Phi) is 5.57. The minimum absolute atomic E-state index is 0.00251. The first-order valence-electron chi connectivity index (χ1n) is 11.8. The van der Waals surface area contributed by atoms with Crippen molar-refractivity contribution >= 4 is 23.8 Å². The Balaban J connectivity index is 1.39. The molecule has 38 heavy (non-hydrogen) atoms. The molecule has 1 aromatic heterocycles. The van der Waals surface area contributed by atoms with Crippen LogP contribution in [0.2, 0.25) is 0 Å². The number of fused-ring (bicyclic) bond motifs is 3. The van der Waals surface area contributed by atoms with Crippen LogP contribution in [-0.2, 0) is 4.79 Å². The number of hydrogen-bond acceptors (Lipinski definition) is 7. The number of furan rings is 1. The number of benzene rings is 3. The van der Waals surface area contributed by atoms with Gasteiger partial charge in [0.1, 0.15) is 28.8 Å². The van der Waals surface area contributed by atoms with Gasteiger partial charge in [0.25, 0.3) is 0 Å². The number of para-hydroxylation sites is 1. The zero-order valence-corrected chi connectivity index (χ0v) is 20.1. The highest BCUT2D eigenvalue weighted by atomic mass is 16.5. The van der Waals surface area contributed by atoms with Gasteiger partial charge in [0.05, 0.1) is 30.6 Å². The monoisotopic (exact) mass is 508 g/mol. The summed E-state index contributed by atoms with van der Waals surface area (Å²) < 4.78 is 23.1. The lowest BCUT2D eigenvalue weighted by molar-refractivity contribution is -0.135. The van der Waals surface area contributed by atoms with E-state index >= 15 is 0 Å². The third kappa shape index (κ3) is 3.92. The molecular formula is C30H20O8. The third-order valence-electron chi connectivity index (χ3n) is 6.59. The van der Waals surface area contributed by atoms with Crippen molar-refractivity contribution in [3.63, 3.8) is 0 Å². The number of ketones is 1. The molecule has 8 nitrogen and oxygen atoms in total. The molecule has 8 heteroatoms. The quantitative estimate of drug-likeness (QED) is 0.207. The number of carbonyl (C=O) groups excluding carboxylic acids is 2. The second kappa shape index (κ2) is 9.08. The predicted octanol–water partition coefficient (Wildman–Crippen LogP) is 5.71. The minimum atomic E-state index is -1.02. The van der Waals surface area contributed by atoms with Crippen LogP contribution in [0.25, 0.3) is 17.4 Å². The lowest BCUT2D eigenvalue weighted by atomic mass is 9.88. The molecule has 2 aliphatic rings. The van der Waals surface area contributed by atoms with Gasteiger partial charge in [-0.2, -0.15) is 0 Å². The van der Waals surface area contributed by atoms with Gasteiger partial charge in [-0.1, -0.05) is 30.3 Å². The standard InChI is InChI=1S/C30H20O8/c1-35-21-5-3-2-4-18(21)14-25-28(32)19-10-11-24-27(29(19)38-25)20(15-26(31)37-24)23-13-12-22(36-23)16-6-8-17(9-7-16)30(33)34/h2-14,20H,15H2,1H3,(H,33,34)/b25-14-/t20-/m1/s1. The summed E-state index contributed by atoms with van der Waals surface area (Å²) in [7, 11) is 1.55. The van der Waals surface area contributed by atoms with Gasteiger partial charge in [0, 0.05) is 16.7 Å². The predicted molar refractivity (Wildman–Crippen MR) is 136 cm³/mol. The molecular weight excluding hydrogens is 488 g/mol. The van der Waals surface area contributed by atoms with E-state index in [1.165, 1.54) is 12.1 Å². The molecule has 0 amide bonds. The Morgan fingerprint density at radius 3 is 2.53 bits per heavy atom. The number of methoxy groups -OCH3 is 1. The number of carboxylic acids is 1. The zero-order chi connectivity index (χ0) is 26.4. The molecule has 6 rings (SSSR count). The number of ether oxygens (including phenoxy) is 3. The molecule has 1 atom stereocenters. The highest BCUT2D eigenvalue weighted by molar-refractivity contribution is 6.15. The Morgan fingerprint density at radius 2 is 1.76 bits per heavy atom. The van der Waals surface area contributed by atoms with E-state index in [-0.39, 0.29) is 23.5 Å². The van der Waals surface area contributed by atoms with Crippen LogP contribution in [0.4, 0.5) is 0 Å². The Bertz CT molecular complexity index is 1640. The average molecular weight is 508 g/mol. The number of hydrogen-bond donors (Lipinski definition) is 1. The molecule has 3 heterocycles. The molecule has 3 aromatic carbocycles. The molecule has 0 fully saturated rings. The fourth-order valence-electron chi connectivity index (χ4n) is 4.75. The van der Waals surface area contributed by atoms with E-state index in [1.807, 2.05) is 18.2 Å². The van der Waals surface area contributed by atoms with Crippen molar-refractivity contribution in [3.8, 4) is 28.6 Å². The molecule has 0 saturated carbocycles. The topological polar surface area (TPSA) is 112 Å². The van der Waals surface area contributed by atoms with Crippen molar-refractivity contribution in [3.05, 3.63) is 107 Å². The maximum Gasteiger partial charge on any atom is 0.335 e. The van der Waals surface area contributed by atoms with Crippen LogP contribution in [0.15, 0.2) is 83.0 Å². The Hall–Kier alpha value is -5.11.